The third kappa shape index (κ3) is 2.69. The number of carbonyl (C=O) groups is 1. The third-order valence-corrected chi connectivity index (χ3v) is 3.85. The minimum Gasteiger partial charge on any atom is -0.324 e. The van der Waals surface area contributed by atoms with Crippen molar-refractivity contribution in [2.24, 2.45) is 0 Å². The van der Waals surface area contributed by atoms with Gasteiger partial charge in [0.15, 0.2) is 0 Å². The Kier molecular flexibility index (Phi) is 3.95. The molecule has 2 atom stereocenters. The Morgan fingerprint density at radius 3 is 2.56 bits per heavy atom. The van der Waals surface area contributed by atoms with Crippen LogP contribution in [0.5, 0.6) is 0 Å². The van der Waals surface area contributed by atoms with E-state index in [4.69, 9.17) is 23.2 Å². The Morgan fingerprint density at radius 2 is 2.00 bits per heavy atom. The summed E-state index contributed by atoms with van der Waals surface area (Å²) < 4.78 is 0. The second kappa shape index (κ2) is 5.31. The number of hydrogen-bond acceptors (Lipinski definition) is 2. The van der Waals surface area contributed by atoms with Gasteiger partial charge in [-0.2, -0.15) is 0 Å². The van der Waals surface area contributed by atoms with Crippen LogP contribution in [0.15, 0.2) is 30.4 Å². The summed E-state index contributed by atoms with van der Waals surface area (Å²) in [5, 5.41) is 3.73. The highest BCUT2D eigenvalue weighted by molar-refractivity contribution is 6.42. The molecule has 1 aromatic carbocycles. The Labute approximate surface area is 116 Å². The van der Waals surface area contributed by atoms with Crippen molar-refractivity contribution in [3.8, 4) is 0 Å². The maximum Gasteiger partial charge on any atom is 0.245 e. The molecule has 3 nitrogen and oxygen atoms in total. The monoisotopic (exact) mass is 284 g/mol. The molecule has 1 aromatic rings. The summed E-state index contributed by atoms with van der Waals surface area (Å²) in [6.45, 7) is 2.04. The molecule has 1 aliphatic heterocycles. The van der Waals surface area contributed by atoms with Gasteiger partial charge in [0.25, 0.3) is 0 Å². The van der Waals surface area contributed by atoms with Crippen molar-refractivity contribution in [1.29, 1.82) is 0 Å². The van der Waals surface area contributed by atoms with Gasteiger partial charge in [0, 0.05) is 11.7 Å². The van der Waals surface area contributed by atoms with E-state index in [0.717, 1.165) is 0 Å². The van der Waals surface area contributed by atoms with Crippen LogP contribution in [0, 0.1) is 0 Å². The number of benzene rings is 1. The van der Waals surface area contributed by atoms with Crippen LogP contribution in [0.25, 0.3) is 0 Å². The number of hydrogen-bond donors (Lipinski definition) is 1. The molecule has 2 rings (SSSR count). The van der Waals surface area contributed by atoms with Gasteiger partial charge in [0.1, 0.15) is 6.04 Å². The molecule has 5 heteroatoms. The topological polar surface area (TPSA) is 32.3 Å². The smallest absolute Gasteiger partial charge is 0.245 e. The summed E-state index contributed by atoms with van der Waals surface area (Å²) in [7, 11) is 1.92. The first-order chi connectivity index (χ1) is 8.49. The lowest BCUT2D eigenvalue weighted by molar-refractivity contribution is -0.119. The van der Waals surface area contributed by atoms with Crippen molar-refractivity contribution in [2.45, 2.75) is 19.0 Å². The molecule has 0 aromatic heterocycles. The Morgan fingerprint density at radius 1 is 1.28 bits per heavy atom. The number of likely N-dealkylation sites (N-methyl/N-ethyl adjacent to an activating group) is 1. The zero-order valence-electron chi connectivity index (χ0n) is 10.2. The van der Waals surface area contributed by atoms with E-state index in [1.54, 1.807) is 18.2 Å². The minimum absolute atomic E-state index is 0.0727. The van der Waals surface area contributed by atoms with Gasteiger partial charge in [-0.05, 0) is 32.2 Å². The van der Waals surface area contributed by atoms with Gasteiger partial charge in [-0.3, -0.25) is 9.69 Å². The SMILES string of the molecule is CC1C=CC(C(=O)Nc2ccc(Cl)c(Cl)c2)N1C. The van der Waals surface area contributed by atoms with Crippen LogP contribution in [0.1, 0.15) is 6.92 Å². The summed E-state index contributed by atoms with van der Waals surface area (Å²) in [5.41, 5.74) is 0.649. The zero-order chi connectivity index (χ0) is 13.3. The second-order valence-electron chi connectivity index (χ2n) is 4.35. The largest absolute Gasteiger partial charge is 0.324 e. The molecule has 18 heavy (non-hydrogen) atoms. The number of anilines is 1. The van der Waals surface area contributed by atoms with Crippen molar-refractivity contribution in [3.05, 3.63) is 40.4 Å². The van der Waals surface area contributed by atoms with Crippen molar-refractivity contribution in [2.75, 3.05) is 12.4 Å². The van der Waals surface area contributed by atoms with Crippen LogP contribution in [0.2, 0.25) is 10.0 Å². The second-order valence-corrected chi connectivity index (χ2v) is 5.17. The molecule has 0 bridgehead atoms. The molecule has 0 saturated carbocycles. The zero-order valence-corrected chi connectivity index (χ0v) is 11.7. The lowest BCUT2D eigenvalue weighted by Gasteiger charge is -2.22. The Hall–Kier alpha value is -1.03. The average molecular weight is 285 g/mol. The van der Waals surface area contributed by atoms with Crippen LogP contribution in [0.3, 0.4) is 0 Å². The molecule has 1 N–H and O–H groups in total. The summed E-state index contributed by atoms with van der Waals surface area (Å²) in [6.07, 6.45) is 3.91. The van der Waals surface area contributed by atoms with Gasteiger partial charge in [-0.15, -0.1) is 0 Å². The first-order valence-corrected chi connectivity index (χ1v) is 6.41. The molecule has 0 aliphatic carbocycles. The number of nitrogens with zero attached hydrogens (tertiary/aromatic N) is 1. The van der Waals surface area contributed by atoms with E-state index in [1.165, 1.54) is 0 Å². The predicted molar refractivity (Wildman–Crippen MR) is 75.2 cm³/mol. The fraction of sp³-hybridized carbons (Fsp3) is 0.308. The molecule has 0 saturated heterocycles. The van der Waals surface area contributed by atoms with E-state index in [1.807, 2.05) is 31.0 Å². The highest BCUT2D eigenvalue weighted by Gasteiger charge is 2.27. The van der Waals surface area contributed by atoms with E-state index in [-0.39, 0.29) is 18.0 Å². The quantitative estimate of drug-likeness (QED) is 0.846. The van der Waals surface area contributed by atoms with Crippen LogP contribution in [0.4, 0.5) is 5.69 Å². The molecular formula is C13H14Cl2N2O. The first kappa shape index (κ1) is 13.4. The van der Waals surface area contributed by atoms with E-state index in [2.05, 4.69) is 5.32 Å². The number of amides is 1. The minimum atomic E-state index is -0.241. The Balaban J connectivity index is 2.08. The normalized spacial score (nSPS) is 23.3. The summed E-state index contributed by atoms with van der Waals surface area (Å²) >= 11 is 11.7. The lowest BCUT2D eigenvalue weighted by atomic mass is 10.2. The number of carbonyl (C=O) groups excluding carboxylic acids is 1. The van der Waals surface area contributed by atoms with Gasteiger partial charge in [-0.1, -0.05) is 35.4 Å². The van der Waals surface area contributed by atoms with Crippen molar-refractivity contribution < 1.29 is 4.79 Å². The molecule has 96 valence electrons. The fourth-order valence-corrected chi connectivity index (χ4v) is 2.15. The number of nitrogens with one attached hydrogen (secondary N) is 1. The third-order valence-electron chi connectivity index (χ3n) is 3.11. The predicted octanol–water partition coefficient (Wildman–Crippen LogP) is 3.19. The van der Waals surface area contributed by atoms with Crippen molar-refractivity contribution in [1.82, 2.24) is 4.90 Å². The first-order valence-electron chi connectivity index (χ1n) is 5.65. The van der Waals surface area contributed by atoms with Crippen LogP contribution in [-0.2, 0) is 4.79 Å². The maximum absolute atomic E-state index is 12.1. The van der Waals surface area contributed by atoms with Crippen LogP contribution < -0.4 is 5.32 Å². The van der Waals surface area contributed by atoms with Gasteiger partial charge in [-0.25, -0.2) is 0 Å². The molecule has 0 radical (unpaired) electrons. The summed E-state index contributed by atoms with van der Waals surface area (Å²) in [4.78, 5) is 14.1. The standard InChI is InChI=1S/C13H14Cl2N2O/c1-8-3-6-12(17(8)2)13(18)16-9-4-5-10(14)11(15)7-9/h3-8,12H,1-2H3,(H,16,18). The Bertz CT molecular complexity index is 502. The van der Waals surface area contributed by atoms with Crippen molar-refractivity contribution >= 4 is 34.8 Å². The van der Waals surface area contributed by atoms with Gasteiger partial charge in [0.05, 0.1) is 10.0 Å². The van der Waals surface area contributed by atoms with E-state index in [9.17, 15) is 4.79 Å². The maximum atomic E-state index is 12.1. The average Bonchev–Trinajstić information content (AvgIpc) is 2.65. The summed E-state index contributed by atoms with van der Waals surface area (Å²) in [5.74, 6) is -0.0727. The lowest BCUT2D eigenvalue weighted by Crippen LogP contribution is -2.40. The molecule has 0 spiro atoms. The van der Waals surface area contributed by atoms with Gasteiger partial charge < -0.3 is 5.32 Å². The highest BCUT2D eigenvalue weighted by atomic mass is 35.5. The fourth-order valence-electron chi connectivity index (χ4n) is 1.85. The highest BCUT2D eigenvalue weighted by Crippen LogP contribution is 2.25. The number of rotatable bonds is 2. The molecular weight excluding hydrogens is 271 g/mol. The number of halogens is 2. The molecule has 1 heterocycles. The van der Waals surface area contributed by atoms with E-state index in [0.29, 0.717) is 15.7 Å². The molecule has 1 aliphatic rings. The summed E-state index contributed by atoms with van der Waals surface area (Å²) in [6, 6.07) is 5.07. The van der Waals surface area contributed by atoms with Crippen LogP contribution in [-0.4, -0.2) is 29.9 Å². The van der Waals surface area contributed by atoms with Gasteiger partial charge >= 0.3 is 0 Å². The van der Waals surface area contributed by atoms with E-state index < -0.39 is 0 Å². The molecule has 2 unspecified atom stereocenters. The van der Waals surface area contributed by atoms with Gasteiger partial charge in [0.2, 0.25) is 5.91 Å². The molecule has 0 fully saturated rings. The van der Waals surface area contributed by atoms with Crippen LogP contribution >= 0.6 is 23.2 Å². The van der Waals surface area contributed by atoms with Crippen molar-refractivity contribution in [3.63, 3.8) is 0 Å². The molecule has 1 amide bonds. The van der Waals surface area contributed by atoms with E-state index >= 15 is 0 Å².